The highest BCUT2D eigenvalue weighted by Crippen LogP contribution is 2.04. The van der Waals surface area contributed by atoms with Crippen LogP contribution >= 0.6 is 0 Å². The molecule has 1 amide bonds. The molecule has 4 nitrogen and oxygen atoms in total. The van der Waals surface area contributed by atoms with Crippen LogP contribution in [0.25, 0.3) is 6.08 Å². The SMILES string of the molecule is CC(C)NC(=O)COC(=O)/C=C/c1ccc(F)cc1. The van der Waals surface area contributed by atoms with Crippen molar-refractivity contribution >= 4 is 18.0 Å². The zero-order valence-corrected chi connectivity index (χ0v) is 10.9. The van der Waals surface area contributed by atoms with Crippen molar-refractivity contribution < 1.29 is 18.7 Å². The molecule has 1 N–H and O–H groups in total. The third-order valence-electron chi connectivity index (χ3n) is 2.08. The Morgan fingerprint density at radius 3 is 2.53 bits per heavy atom. The molecule has 0 aromatic heterocycles. The first-order valence-electron chi connectivity index (χ1n) is 5.87. The Hall–Kier alpha value is -2.17. The maximum absolute atomic E-state index is 12.6. The van der Waals surface area contributed by atoms with E-state index in [9.17, 15) is 14.0 Å². The Kier molecular flexibility index (Phi) is 5.73. The highest BCUT2D eigenvalue weighted by atomic mass is 19.1. The Labute approximate surface area is 111 Å². The quantitative estimate of drug-likeness (QED) is 0.653. The molecular weight excluding hydrogens is 249 g/mol. The second kappa shape index (κ2) is 7.31. The summed E-state index contributed by atoms with van der Waals surface area (Å²) >= 11 is 0. The van der Waals surface area contributed by atoms with E-state index in [-0.39, 0.29) is 24.4 Å². The first-order chi connectivity index (χ1) is 8.97. The molecule has 1 aromatic carbocycles. The van der Waals surface area contributed by atoms with Gasteiger partial charge in [0, 0.05) is 12.1 Å². The molecule has 0 spiro atoms. The van der Waals surface area contributed by atoms with Gasteiger partial charge in [-0.15, -0.1) is 0 Å². The number of amides is 1. The average molecular weight is 265 g/mol. The Morgan fingerprint density at radius 2 is 1.95 bits per heavy atom. The smallest absolute Gasteiger partial charge is 0.331 e. The molecule has 1 rings (SSSR count). The number of benzene rings is 1. The third kappa shape index (κ3) is 6.35. The van der Waals surface area contributed by atoms with Gasteiger partial charge < -0.3 is 10.1 Å². The summed E-state index contributed by atoms with van der Waals surface area (Å²) in [5.41, 5.74) is 0.671. The fourth-order valence-electron chi connectivity index (χ4n) is 1.29. The molecule has 19 heavy (non-hydrogen) atoms. The van der Waals surface area contributed by atoms with E-state index in [0.29, 0.717) is 5.56 Å². The molecule has 0 aliphatic carbocycles. The van der Waals surface area contributed by atoms with Gasteiger partial charge in [-0.05, 0) is 37.6 Å². The summed E-state index contributed by atoms with van der Waals surface area (Å²) in [6.07, 6.45) is 2.68. The van der Waals surface area contributed by atoms with E-state index in [1.807, 2.05) is 13.8 Å². The van der Waals surface area contributed by atoms with Gasteiger partial charge in [0.1, 0.15) is 5.82 Å². The summed E-state index contributed by atoms with van der Waals surface area (Å²) in [6.45, 7) is 3.31. The molecule has 0 atom stereocenters. The predicted molar refractivity (Wildman–Crippen MR) is 69.7 cm³/mol. The van der Waals surface area contributed by atoms with Crippen molar-refractivity contribution in [3.05, 3.63) is 41.7 Å². The maximum atomic E-state index is 12.6. The van der Waals surface area contributed by atoms with Crippen LogP contribution in [-0.4, -0.2) is 24.5 Å². The van der Waals surface area contributed by atoms with Crippen LogP contribution in [0.5, 0.6) is 0 Å². The maximum Gasteiger partial charge on any atom is 0.331 e. The minimum Gasteiger partial charge on any atom is -0.452 e. The molecule has 5 heteroatoms. The molecular formula is C14H16FNO3. The van der Waals surface area contributed by atoms with Crippen LogP contribution in [0.3, 0.4) is 0 Å². The zero-order valence-electron chi connectivity index (χ0n) is 10.9. The number of halogens is 1. The molecule has 0 bridgehead atoms. The number of ether oxygens (including phenoxy) is 1. The fourth-order valence-corrected chi connectivity index (χ4v) is 1.29. The molecule has 1 aromatic rings. The van der Waals surface area contributed by atoms with Crippen molar-refractivity contribution in [2.24, 2.45) is 0 Å². The molecule has 0 aliphatic heterocycles. The number of hydrogen-bond donors (Lipinski definition) is 1. The Morgan fingerprint density at radius 1 is 1.32 bits per heavy atom. The van der Waals surface area contributed by atoms with Crippen molar-refractivity contribution in [3.8, 4) is 0 Å². The van der Waals surface area contributed by atoms with Gasteiger partial charge in [0.15, 0.2) is 6.61 Å². The van der Waals surface area contributed by atoms with Crippen molar-refractivity contribution in [1.82, 2.24) is 5.32 Å². The lowest BCUT2D eigenvalue weighted by atomic mass is 10.2. The monoisotopic (exact) mass is 265 g/mol. The van der Waals surface area contributed by atoms with Crippen molar-refractivity contribution in [3.63, 3.8) is 0 Å². The van der Waals surface area contributed by atoms with E-state index in [4.69, 9.17) is 4.74 Å². The number of carbonyl (C=O) groups excluding carboxylic acids is 2. The van der Waals surface area contributed by atoms with Crippen LogP contribution in [-0.2, 0) is 14.3 Å². The zero-order chi connectivity index (χ0) is 14.3. The second-order valence-electron chi connectivity index (χ2n) is 4.21. The molecule has 0 aliphatic rings. The van der Waals surface area contributed by atoms with Crippen molar-refractivity contribution in [1.29, 1.82) is 0 Å². The molecule has 0 saturated heterocycles. The van der Waals surface area contributed by atoms with E-state index in [0.717, 1.165) is 0 Å². The minimum atomic E-state index is -0.622. The molecule has 0 saturated carbocycles. The molecule has 102 valence electrons. The molecule has 0 radical (unpaired) electrons. The van der Waals surface area contributed by atoms with Crippen LogP contribution < -0.4 is 5.32 Å². The number of nitrogens with one attached hydrogen (secondary N) is 1. The topological polar surface area (TPSA) is 55.4 Å². The number of esters is 1. The van der Waals surface area contributed by atoms with E-state index >= 15 is 0 Å². The van der Waals surface area contributed by atoms with Gasteiger partial charge in [0.25, 0.3) is 5.91 Å². The van der Waals surface area contributed by atoms with Crippen molar-refractivity contribution in [2.45, 2.75) is 19.9 Å². The normalized spacial score (nSPS) is 10.7. The number of carbonyl (C=O) groups is 2. The van der Waals surface area contributed by atoms with Gasteiger partial charge in [0.2, 0.25) is 0 Å². The van der Waals surface area contributed by atoms with E-state index < -0.39 is 5.97 Å². The summed E-state index contributed by atoms with van der Waals surface area (Å²) < 4.78 is 17.4. The fraction of sp³-hybridized carbons (Fsp3) is 0.286. The lowest BCUT2D eigenvalue weighted by molar-refractivity contribution is -0.143. The highest BCUT2D eigenvalue weighted by Gasteiger charge is 2.05. The second-order valence-corrected chi connectivity index (χ2v) is 4.21. The van der Waals surface area contributed by atoms with Crippen LogP contribution in [0.15, 0.2) is 30.3 Å². The standard InChI is InChI=1S/C14H16FNO3/c1-10(2)16-13(17)9-19-14(18)8-5-11-3-6-12(15)7-4-11/h3-8,10H,9H2,1-2H3,(H,16,17)/b8-5+. The van der Waals surface area contributed by atoms with E-state index in [1.165, 1.54) is 36.4 Å². The summed E-state index contributed by atoms with van der Waals surface area (Å²) in [5.74, 6) is -1.31. The summed E-state index contributed by atoms with van der Waals surface area (Å²) in [7, 11) is 0. The van der Waals surface area contributed by atoms with Gasteiger partial charge >= 0.3 is 5.97 Å². The Bertz CT molecular complexity index is 466. The molecule has 0 heterocycles. The average Bonchev–Trinajstić information content (AvgIpc) is 2.35. The molecule has 0 unspecified atom stereocenters. The third-order valence-corrected chi connectivity index (χ3v) is 2.08. The van der Waals surface area contributed by atoms with Gasteiger partial charge in [-0.1, -0.05) is 12.1 Å². The number of hydrogen-bond acceptors (Lipinski definition) is 3. The molecule has 0 fully saturated rings. The largest absolute Gasteiger partial charge is 0.452 e. The summed E-state index contributed by atoms with van der Waals surface area (Å²) in [5, 5.41) is 2.60. The first kappa shape index (κ1) is 14.9. The van der Waals surface area contributed by atoms with Gasteiger partial charge in [-0.3, -0.25) is 4.79 Å². The van der Waals surface area contributed by atoms with Crippen LogP contribution in [0.4, 0.5) is 4.39 Å². The first-order valence-corrected chi connectivity index (χ1v) is 5.87. The van der Waals surface area contributed by atoms with Gasteiger partial charge in [0.05, 0.1) is 0 Å². The predicted octanol–water partition coefficient (Wildman–Crippen LogP) is 1.91. The lowest BCUT2D eigenvalue weighted by Gasteiger charge is -2.07. The van der Waals surface area contributed by atoms with E-state index in [1.54, 1.807) is 0 Å². The van der Waals surface area contributed by atoms with Gasteiger partial charge in [-0.25, -0.2) is 9.18 Å². The van der Waals surface area contributed by atoms with Crippen LogP contribution in [0, 0.1) is 5.82 Å². The van der Waals surface area contributed by atoms with Crippen molar-refractivity contribution in [2.75, 3.05) is 6.61 Å². The van der Waals surface area contributed by atoms with E-state index in [2.05, 4.69) is 5.32 Å². The number of rotatable bonds is 5. The Balaban J connectivity index is 2.39. The van der Waals surface area contributed by atoms with Crippen LogP contribution in [0.1, 0.15) is 19.4 Å². The van der Waals surface area contributed by atoms with Gasteiger partial charge in [-0.2, -0.15) is 0 Å². The van der Waals surface area contributed by atoms with Crippen LogP contribution in [0.2, 0.25) is 0 Å². The highest BCUT2D eigenvalue weighted by molar-refractivity contribution is 5.89. The lowest BCUT2D eigenvalue weighted by Crippen LogP contribution is -2.33. The minimum absolute atomic E-state index is 0.000888. The summed E-state index contributed by atoms with van der Waals surface area (Å²) in [4.78, 5) is 22.5. The summed E-state index contributed by atoms with van der Waals surface area (Å²) in [6, 6.07) is 5.65.